The monoisotopic (exact) mass is 702 g/mol. The van der Waals surface area contributed by atoms with Crippen LogP contribution >= 0.6 is 63.7 Å². The standard InChI is InChI=1S/C20H12Br4O5S.Na/c1-9-12(8-15(23)20(26)18(9)24)17(10-6-13(21)19(25)14(22)7-10)11-4-2-3-5-16(11)30(27,28)29;/h2-8,25H,1H3,(H,27,28,29);/q;+1/p-1. The quantitative estimate of drug-likeness (QED) is 0.392. The van der Waals surface area contributed by atoms with Crippen LogP contribution < -0.4 is 29.6 Å². The third-order valence-electron chi connectivity index (χ3n) is 4.42. The van der Waals surface area contributed by atoms with E-state index in [1.165, 1.54) is 18.2 Å². The van der Waals surface area contributed by atoms with Crippen molar-refractivity contribution >= 4 is 85.2 Å². The van der Waals surface area contributed by atoms with Crippen LogP contribution in [0, 0.1) is 0 Å². The smallest absolute Gasteiger partial charge is 0.744 e. The second-order valence-corrected chi connectivity index (χ2v) is 11.0. The number of Topliss-reactive ketones (excluding diaryl/α,β-unsaturated/α-hetero) is 1. The van der Waals surface area contributed by atoms with Gasteiger partial charge in [0.25, 0.3) is 0 Å². The van der Waals surface area contributed by atoms with Crippen molar-refractivity contribution in [2.24, 2.45) is 0 Å². The van der Waals surface area contributed by atoms with Crippen LogP contribution in [-0.4, -0.2) is 23.9 Å². The van der Waals surface area contributed by atoms with E-state index in [1.807, 2.05) is 0 Å². The molecule has 1 aliphatic rings. The van der Waals surface area contributed by atoms with E-state index < -0.39 is 15.0 Å². The molecule has 1 aliphatic carbocycles. The van der Waals surface area contributed by atoms with Crippen molar-refractivity contribution in [3.63, 3.8) is 0 Å². The van der Waals surface area contributed by atoms with Gasteiger partial charge in [0.2, 0.25) is 5.78 Å². The fraction of sp³-hybridized carbons (Fsp3) is 0.0500. The molecular formula is C20H11Br4NaO5S. The van der Waals surface area contributed by atoms with Gasteiger partial charge in [-0.05, 0) is 117 Å². The predicted octanol–water partition coefficient (Wildman–Crippen LogP) is 3.16. The van der Waals surface area contributed by atoms with Crippen LogP contribution in [0.1, 0.15) is 18.1 Å². The Morgan fingerprint density at radius 3 is 2.13 bits per heavy atom. The summed E-state index contributed by atoms with van der Waals surface area (Å²) in [6, 6.07) is 9.07. The number of rotatable bonds is 3. The van der Waals surface area contributed by atoms with Crippen LogP contribution in [0.2, 0.25) is 0 Å². The number of ketones is 1. The third kappa shape index (κ3) is 5.55. The minimum atomic E-state index is -4.79. The first-order valence-corrected chi connectivity index (χ1v) is 12.8. The summed E-state index contributed by atoms with van der Waals surface area (Å²) in [5.74, 6) is -0.287. The molecule has 1 N–H and O–H groups in total. The zero-order valence-electron chi connectivity index (χ0n) is 16.0. The van der Waals surface area contributed by atoms with Gasteiger partial charge in [-0.3, -0.25) is 4.79 Å². The zero-order chi connectivity index (χ0) is 22.4. The predicted molar refractivity (Wildman–Crippen MR) is 128 cm³/mol. The molecule has 0 radical (unpaired) electrons. The maximum absolute atomic E-state index is 12.3. The Kier molecular flexibility index (Phi) is 9.20. The molecule has 0 aromatic heterocycles. The van der Waals surface area contributed by atoms with E-state index in [0.29, 0.717) is 35.7 Å². The Hall–Kier alpha value is -0.0400. The van der Waals surface area contributed by atoms with Crippen molar-refractivity contribution in [3.8, 4) is 5.75 Å². The molecule has 11 heteroatoms. The minimum absolute atomic E-state index is 0. The Balaban J connectivity index is 0.00000341. The largest absolute Gasteiger partial charge is 1.00 e. The van der Waals surface area contributed by atoms with Crippen LogP contribution in [-0.2, 0) is 14.9 Å². The topological polar surface area (TPSA) is 94.5 Å². The summed E-state index contributed by atoms with van der Waals surface area (Å²) in [4.78, 5) is 11.9. The third-order valence-corrected chi connectivity index (χ3v) is 8.07. The molecule has 31 heavy (non-hydrogen) atoms. The molecule has 5 nitrogen and oxygen atoms in total. The van der Waals surface area contributed by atoms with E-state index in [9.17, 15) is 22.9 Å². The van der Waals surface area contributed by atoms with Crippen molar-refractivity contribution in [1.29, 1.82) is 0 Å². The first-order valence-electron chi connectivity index (χ1n) is 8.20. The van der Waals surface area contributed by atoms with Gasteiger partial charge in [-0.15, -0.1) is 0 Å². The summed E-state index contributed by atoms with van der Waals surface area (Å²) in [5.41, 5.74) is 2.21. The van der Waals surface area contributed by atoms with Crippen molar-refractivity contribution in [3.05, 3.63) is 82.7 Å². The number of halogens is 4. The number of hydrogen-bond acceptors (Lipinski definition) is 5. The summed E-state index contributed by atoms with van der Waals surface area (Å²) in [5, 5.41) is 10.1. The van der Waals surface area contributed by atoms with Crippen LogP contribution in [0.15, 0.2) is 76.4 Å². The number of aromatic hydroxyl groups is 1. The first kappa shape index (κ1) is 27.2. The molecule has 0 bridgehead atoms. The molecule has 2 aromatic carbocycles. The van der Waals surface area contributed by atoms with E-state index in [2.05, 4.69) is 63.7 Å². The van der Waals surface area contributed by atoms with E-state index in [4.69, 9.17) is 0 Å². The number of benzene rings is 2. The van der Waals surface area contributed by atoms with E-state index in [0.717, 1.165) is 0 Å². The molecule has 2 aromatic rings. The van der Waals surface area contributed by atoms with Crippen LogP contribution in [0.4, 0.5) is 0 Å². The molecule has 0 spiro atoms. The van der Waals surface area contributed by atoms with Gasteiger partial charge in [-0.25, -0.2) is 8.42 Å². The van der Waals surface area contributed by atoms with E-state index in [-0.39, 0.29) is 51.1 Å². The average Bonchev–Trinajstić information content (AvgIpc) is 2.68. The van der Waals surface area contributed by atoms with Crippen molar-refractivity contribution in [2.75, 3.05) is 0 Å². The van der Waals surface area contributed by atoms with Crippen molar-refractivity contribution in [1.82, 2.24) is 0 Å². The summed E-state index contributed by atoms with van der Waals surface area (Å²) >= 11 is 13.1. The molecular weight excluding hydrogens is 695 g/mol. The van der Waals surface area contributed by atoms with E-state index in [1.54, 1.807) is 31.2 Å². The van der Waals surface area contributed by atoms with Crippen LogP contribution in [0.3, 0.4) is 0 Å². The maximum atomic E-state index is 12.3. The average molecular weight is 706 g/mol. The Morgan fingerprint density at radius 1 is 1.03 bits per heavy atom. The molecule has 0 aliphatic heterocycles. The van der Waals surface area contributed by atoms with Gasteiger partial charge >= 0.3 is 29.6 Å². The molecule has 0 amide bonds. The van der Waals surface area contributed by atoms with E-state index >= 15 is 0 Å². The van der Waals surface area contributed by atoms with Crippen molar-refractivity contribution in [2.45, 2.75) is 11.8 Å². The van der Waals surface area contributed by atoms with Gasteiger partial charge in [-0.2, -0.15) is 0 Å². The first-order chi connectivity index (χ1) is 13.9. The summed E-state index contributed by atoms with van der Waals surface area (Å²) in [6.45, 7) is 1.71. The van der Waals surface area contributed by atoms with Gasteiger partial charge in [0.05, 0.1) is 22.8 Å². The van der Waals surface area contributed by atoms with Gasteiger partial charge in [0.15, 0.2) is 0 Å². The molecule has 0 unspecified atom stereocenters. The zero-order valence-corrected chi connectivity index (χ0v) is 25.2. The number of carbonyl (C=O) groups is 1. The second-order valence-electron chi connectivity index (χ2n) is 6.29. The van der Waals surface area contributed by atoms with Gasteiger partial charge in [0.1, 0.15) is 15.9 Å². The normalized spacial score (nSPS) is 16.1. The maximum Gasteiger partial charge on any atom is 1.00 e. The molecule has 156 valence electrons. The fourth-order valence-electron chi connectivity index (χ4n) is 3.01. The molecule has 3 rings (SSSR count). The molecule has 0 heterocycles. The fourth-order valence-corrected chi connectivity index (χ4v) is 6.00. The minimum Gasteiger partial charge on any atom is -0.744 e. The SMILES string of the molecule is CC1=C(Br)C(=O)C(Br)=CC1=C(c1cc(Br)c(O)c(Br)c1)c1ccccc1S(=O)(=O)[O-].[Na+]. The molecule has 0 saturated heterocycles. The molecule has 0 fully saturated rings. The summed E-state index contributed by atoms with van der Waals surface area (Å²) in [7, 11) is -4.79. The Labute approximate surface area is 235 Å². The summed E-state index contributed by atoms with van der Waals surface area (Å²) in [6.07, 6.45) is 1.58. The Morgan fingerprint density at radius 2 is 1.58 bits per heavy atom. The number of phenols is 1. The number of allylic oxidation sites excluding steroid dienone is 5. The van der Waals surface area contributed by atoms with Gasteiger partial charge < -0.3 is 9.66 Å². The number of carbonyl (C=O) groups excluding carboxylic acids is 1. The second kappa shape index (κ2) is 10.5. The van der Waals surface area contributed by atoms with Crippen LogP contribution in [0.25, 0.3) is 5.57 Å². The Bertz CT molecular complexity index is 1270. The molecule has 0 saturated carbocycles. The van der Waals surface area contributed by atoms with Gasteiger partial charge in [0, 0.05) is 5.56 Å². The molecule has 0 atom stereocenters. The van der Waals surface area contributed by atoms with Crippen LogP contribution in [0.5, 0.6) is 5.75 Å². The van der Waals surface area contributed by atoms with Crippen molar-refractivity contribution < 1.29 is 52.4 Å². The van der Waals surface area contributed by atoms with Gasteiger partial charge in [-0.1, -0.05) is 18.2 Å². The summed E-state index contributed by atoms with van der Waals surface area (Å²) < 4.78 is 37.3. The number of phenolic OH excluding ortho intramolecular Hbond substituents is 1. The number of hydrogen-bond donors (Lipinski definition) is 1.